The Morgan fingerprint density at radius 1 is 1.70 bits per heavy atom. The molecule has 60 valence electrons. The molecule has 0 aromatic rings. The van der Waals surface area contributed by atoms with Crippen LogP contribution in [0.15, 0.2) is 4.99 Å². The highest BCUT2D eigenvalue weighted by molar-refractivity contribution is 7.98. The molecule has 0 unspecified atom stereocenters. The summed E-state index contributed by atoms with van der Waals surface area (Å²) in [5, 5.41) is 3.01. The van der Waals surface area contributed by atoms with Crippen molar-refractivity contribution < 1.29 is 0 Å². The number of rotatable bonds is 3. The van der Waals surface area contributed by atoms with Crippen LogP contribution < -0.4 is 16.6 Å². The zero-order chi connectivity index (χ0) is 7.82. The molecule has 4 nitrogen and oxygen atoms in total. The molecule has 0 aliphatic heterocycles. The van der Waals surface area contributed by atoms with Crippen molar-refractivity contribution in [2.75, 3.05) is 25.6 Å². The van der Waals surface area contributed by atoms with Gasteiger partial charge >= 0.3 is 0 Å². The summed E-state index contributed by atoms with van der Waals surface area (Å²) in [7, 11) is 1.68. The summed E-state index contributed by atoms with van der Waals surface area (Å²) in [6.07, 6.45) is 2.06. The summed E-state index contributed by atoms with van der Waals surface area (Å²) in [5.74, 6) is 6.81. The number of hydrogen-bond acceptors (Lipinski definition) is 3. The number of thioether (sulfide) groups is 1. The number of nitrogens with one attached hydrogen (secondary N) is 2. The van der Waals surface area contributed by atoms with E-state index in [1.54, 1.807) is 18.8 Å². The van der Waals surface area contributed by atoms with Crippen LogP contribution >= 0.6 is 11.8 Å². The Labute approximate surface area is 65.6 Å². The minimum atomic E-state index is 0.633. The highest BCUT2D eigenvalue weighted by atomic mass is 32.2. The molecule has 0 bridgehead atoms. The third-order valence-electron chi connectivity index (χ3n) is 0.959. The van der Waals surface area contributed by atoms with Gasteiger partial charge in [-0.1, -0.05) is 0 Å². The first-order chi connectivity index (χ1) is 4.85. The molecule has 0 aliphatic rings. The predicted octanol–water partition coefficient (Wildman–Crippen LogP) is -0.612. The standard InChI is InChI=1S/C5H14N4S/c1-7-5(9-6)8-3-4-10-2/h3-4,6H2,1-2H3,(H2,7,8,9). The third kappa shape index (κ3) is 4.46. The first-order valence-electron chi connectivity index (χ1n) is 3.01. The van der Waals surface area contributed by atoms with Gasteiger partial charge in [0.05, 0.1) is 0 Å². The fraction of sp³-hybridized carbons (Fsp3) is 0.800. The van der Waals surface area contributed by atoms with Crippen molar-refractivity contribution in [3.8, 4) is 0 Å². The maximum absolute atomic E-state index is 5.12. The molecule has 0 amide bonds. The molecule has 4 N–H and O–H groups in total. The van der Waals surface area contributed by atoms with Gasteiger partial charge in [-0.05, 0) is 6.26 Å². The molecule has 0 saturated heterocycles. The van der Waals surface area contributed by atoms with Gasteiger partial charge < -0.3 is 5.32 Å². The Morgan fingerprint density at radius 2 is 2.40 bits per heavy atom. The monoisotopic (exact) mass is 162 g/mol. The number of hydrazine groups is 1. The molecule has 0 spiro atoms. The highest BCUT2D eigenvalue weighted by Crippen LogP contribution is 1.86. The fourth-order valence-electron chi connectivity index (χ4n) is 0.466. The number of hydrogen-bond donors (Lipinski definition) is 3. The molecule has 0 atom stereocenters. The molecule has 10 heavy (non-hydrogen) atoms. The molecule has 0 aromatic carbocycles. The van der Waals surface area contributed by atoms with Crippen molar-refractivity contribution in [1.29, 1.82) is 0 Å². The van der Waals surface area contributed by atoms with E-state index in [2.05, 4.69) is 22.0 Å². The molecule has 0 rings (SSSR count). The first-order valence-corrected chi connectivity index (χ1v) is 4.40. The van der Waals surface area contributed by atoms with Gasteiger partial charge in [-0.2, -0.15) is 11.8 Å². The van der Waals surface area contributed by atoms with Crippen molar-refractivity contribution in [3.05, 3.63) is 0 Å². The lowest BCUT2D eigenvalue weighted by Crippen LogP contribution is -2.42. The molecule has 0 aromatic heterocycles. The van der Waals surface area contributed by atoms with Crippen molar-refractivity contribution in [2.24, 2.45) is 10.8 Å². The third-order valence-corrected chi connectivity index (χ3v) is 1.57. The summed E-state index contributed by atoms with van der Waals surface area (Å²) >= 11 is 1.78. The number of guanidine groups is 1. The Hall–Kier alpha value is -0.420. The van der Waals surface area contributed by atoms with Crippen LogP contribution in [-0.2, 0) is 0 Å². The summed E-state index contributed by atoms with van der Waals surface area (Å²) in [6.45, 7) is 0.887. The van der Waals surface area contributed by atoms with Crippen LogP contribution in [-0.4, -0.2) is 31.6 Å². The van der Waals surface area contributed by atoms with Crippen LogP contribution in [0, 0.1) is 0 Å². The van der Waals surface area contributed by atoms with E-state index in [0.29, 0.717) is 5.96 Å². The smallest absolute Gasteiger partial charge is 0.205 e. The van der Waals surface area contributed by atoms with Gasteiger partial charge in [0.25, 0.3) is 0 Å². The van der Waals surface area contributed by atoms with Crippen molar-refractivity contribution >= 4 is 17.7 Å². The van der Waals surface area contributed by atoms with Crippen LogP contribution in [0.5, 0.6) is 0 Å². The lowest BCUT2D eigenvalue weighted by Gasteiger charge is -2.05. The van der Waals surface area contributed by atoms with Crippen LogP contribution in [0.2, 0.25) is 0 Å². The van der Waals surface area contributed by atoms with Crippen LogP contribution in [0.3, 0.4) is 0 Å². The molecule has 5 heteroatoms. The van der Waals surface area contributed by atoms with Crippen LogP contribution in [0.25, 0.3) is 0 Å². The van der Waals surface area contributed by atoms with Gasteiger partial charge in [-0.25, -0.2) is 5.84 Å². The van der Waals surface area contributed by atoms with E-state index in [9.17, 15) is 0 Å². The van der Waals surface area contributed by atoms with E-state index in [0.717, 1.165) is 12.3 Å². The van der Waals surface area contributed by atoms with E-state index in [1.165, 1.54) is 0 Å². The maximum Gasteiger partial charge on any atom is 0.205 e. The minimum absolute atomic E-state index is 0.633. The van der Waals surface area contributed by atoms with E-state index >= 15 is 0 Å². The average molecular weight is 162 g/mol. The SMILES string of the molecule is CN=C(NN)NCCSC. The molecule has 0 radical (unpaired) electrons. The fourth-order valence-corrected chi connectivity index (χ4v) is 0.772. The predicted molar refractivity (Wildman–Crippen MR) is 47.1 cm³/mol. The average Bonchev–Trinajstić information content (AvgIpc) is 1.99. The van der Waals surface area contributed by atoms with Gasteiger partial charge in [-0.3, -0.25) is 10.4 Å². The highest BCUT2D eigenvalue weighted by Gasteiger charge is 1.89. The number of nitrogens with zero attached hydrogens (tertiary/aromatic N) is 1. The molecule has 0 heterocycles. The van der Waals surface area contributed by atoms with Gasteiger partial charge in [0.1, 0.15) is 0 Å². The summed E-state index contributed by atoms with van der Waals surface area (Å²) in [4.78, 5) is 3.84. The minimum Gasteiger partial charge on any atom is -0.355 e. The molecule has 0 saturated carbocycles. The van der Waals surface area contributed by atoms with Crippen molar-refractivity contribution in [2.45, 2.75) is 0 Å². The zero-order valence-corrected chi connectivity index (χ0v) is 7.16. The normalized spacial score (nSPS) is 11.3. The van der Waals surface area contributed by atoms with Gasteiger partial charge in [0, 0.05) is 19.3 Å². The van der Waals surface area contributed by atoms with Crippen LogP contribution in [0.1, 0.15) is 0 Å². The molecular formula is C5H14N4S. The van der Waals surface area contributed by atoms with Gasteiger partial charge in [-0.15, -0.1) is 0 Å². The topological polar surface area (TPSA) is 62.4 Å². The maximum atomic E-state index is 5.12. The summed E-state index contributed by atoms with van der Waals surface area (Å²) in [6, 6.07) is 0. The lowest BCUT2D eigenvalue weighted by molar-refractivity contribution is 0.876. The van der Waals surface area contributed by atoms with Gasteiger partial charge in [0.2, 0.25) is 5.96 Å². The Morgan fingerprint density at radius 3 is 2.80 bits per heavy atom. The molecule has 0 fully saturated rings. The van der Waals surface area contributed by atoms with Crippen molar-refractivity contribution in [1.82, 2.24) is 10.7 Å². The van der Waals surface area contributed by atoms with E-state index in [1.807, 2.05) is 0 Å². The largest absolute Gasteiger partial charge is 0.355 e. The zero-order valence-electron chi connectivity index (χ0n) is 6.35. The number of aliphatic imine (C=N–C) groups is 1. The first kappa shape index (κ1) is 9.58. The summed E-state index contributed by atoms with van der Waals surface area (Å²) in [5.41, 5.74) is 2.44. The second-order valence-electron chi connectivity index (χ2n) is 1.64. The lowest BCUT2D eigenvalue weighted by atomic mass is 10.7. The Bertz CT molecular complexity index is 104. The summed E-state index contributed by atoms with van der Waals surface area (Å²) < 4.78 is 0. The number of nitrogens with two attached hydrogens (primary N) is 1. The quantitative estimate of drug-likeness (QED) is 0.170. The molecule has 0 aliphatic carbocycles. The van der Waals surface area contributed by atoms with Gasteiger partial charge in [0.15, 0.2) is 0 Å². The van der Waals surface area contributed by atoms with Crippen molar-refractivity contribution in [3.63, 3.8) is 0 Å². The van der Waals surface area contributed by atoms with E-state index in [4.69, 9.17) is 5.84 Å². The van der Waals surface area contributed by atoms with Crippen LogP contribution in [0.4, 0.5) is 0 Å². The second kappa shape index (κ2) is 6.70. The van der Waals surface area contributed by atoms with E-state index < -0.39 is 0 Å². The molecular weight excluding hydrogens is 148 g/mol. The Balaban J connectivity index is 3.27. The second-order valence-corrected chi connectivity index (χ2v) is 2.62. The van der Waals surface area contributed by atoms with E-state index in [-0.39, 0.29) is 0 Å². The Kier molecular flexibility index (Phi) is 6.42.